The number of hydrogen-bond donors (Lipinski definition) is 0. The fourth-order valence-electron chi connectivity index (χ4n) is 2.10. The van der Waals surface area contributed by atoms with E-state index in [1.807, 2.05) is 0 Å². The zero-order valence-electron chi connectivity index (χ0n) is 7.69. The predicted octanol–water partition coefficient (Wildman–Crippen LogP) is 2.13. The van der Waals surface area contributed by atoms with Crippen molar-refractivity contribution in [2.75, 3.05) is 13.7 Å². The van der Waals surface area contributed by atoms with Gasteiger partial charge in [-0.3, -0.25) is 0 Å². The average Bonchev–Trinajstić information content (AvgIpc) is 2.63. The molecule has 0 aromatic rings. The van der Waals surface area contributed by atoms with Gasteiger partial charge in [-0.2, -0.15) is 0 Å². The highest BCUT2D eigenvalue weighted by atomic mass is 31.2. The smallest absolute Gasteiger partial charge is 0.259 e. The minimum Gasteiger partial charge on any atom is -0.325 e. The first kappa shape index (κ1) is 8.89. The normalized spacial score (nSPS) is 42.0. The van der Waals surface area contributed by atoms with E-state index in [-0.39, 0.29) is 0 Å². The quantitative estimate of drug-likeness (QED) is 0.621. The van der Waals surface area contributed by atoms with Gasteiger partial charge in [0.25, 0.3) is 8.53 Å². The Kier molecular flexibility index (Phi) is 2.66. The highest BCUT2D eigenvalue weighted by Crippen LogP contribution is 2.55. The Bertz CT molecular complexity index is 151. The largest absolute Gasteiger partial charge is 0.325 e. The maximum absolute atomic E-state index is 5.80. The Balaban J connectivity index is 2.05. The van der Waals surface area contributed by atoms with E-state index in [0.717, 1.165) is 6.42 Å². The van der Waals surface area contributed by atoms with E-state index in [4.69, 9.17) is 9.05 Å². The molecule has 0 bridgehead atoms. The zero-order chi connectivity index (χ0) is 8.55. The molecule has 3 nitrogen and oxygen atoms in total. The van der Waals surface area contributed by atoms with Crippen molar-refractivity contribution in [1.29, 1.82) is 0 Å². The number of nitrogens with zero attached hydrogens (tertiary/aromatic N) is 1. The number of rotatable bonds is 2. The Morgan fingerprint density at radius 1 is 1.67 bits per heavy atom. The van der Waals surface area contributed by atoms with E-state index in [0.29, 0.717) is 12.1 Å². The lowest BCUT2D eigenvalue weighted by Crippen LogP contribution is -2.27. The Morgan fingerprint density at radius 3 is 3.17 bits per heavy atom. The Morgan fingerprint density at radius 2 is 2.50 bits per heavy atom. The van der Waals surface area contributed by atoms with E-state index in [9.17, 15) is 0 Å². The van der Waals surface area contributed by atoms with Crippen LogP contribution in [-0.4, -0.2) is 30.5 Å². The molecule has 0 spiro atoms. The molecule has 2 fully saturated rings. The molecule has 70 valence electrons. The van der Waals surface area contributed by atoms with Gasteiger partial charge in [0.1, 0.15) is 0 Å². The van der Waals surface area contributed by atoms with E-state index < -0.39 is 8.53 Å². The summed E-state index contributed by atoms with van der Waals surface area (Å²) in [6.45, 7) is 3.36. The summed E-state index contributed by atoms with van der Waals surface area (Å²) in [6.07, 6.45) is 4.15. The van der Waals surface area contributed by atoms with Crippen LogP contribution in [0.1, 0.15) is 26.2 Å². The van der Waals surface area contributed by atoms with Gasteiger partial charge in [-0.05, 0) is 19.3 Å². The molecule has 3 atom stereocenters. The van der Waals surface area contributed by atoms with Crippen LogP contribution in [0.2, 0.25) is 0 Å². The van der Waals surface area contributed by atoms with Crippen LogP contribution < -0.4 is 0 Å². The third-order valence-corrected chi connectivity index (χ3v) is 4.37. The van der Waals surface area contributed by atoms with Gasteiger partial charge in [0, 0.05) is 19.7 Å². The first-order valence-electron chi connectivity index (χ1n) is 4.64. The molecule has 4 heteroatoms. The first-order chi connectivity index (χ1) is 5.86. The summed E-state index contributed by atoms with van der Waals surface area (Å²) >= 11 is 0. The molecule has 2 heterocycles. The summed E-state index contributed by atoms with van der Waals surface area (Å²) in [5.41, 5.74) is 0. The van der Waals surface area contributed by atoms with Crippen LogP contribution in [0.15, 0.2) is 0 Å². The van der Waals surface area contributed by atoms with Crippen molar-refractivity contribution in [3.8, 4) is 0 Å². The van der Waals surface area contributed by atoms with Gasteiger partial charge in [-0.25, -0.2) is 4.67 Å². The molecule has 0 radical (unpaired) electrons. The molecule has 0 saturated carbocycles. The van der Waals surface area contributed by atoms with Gasteiger partial charge in [0.05, 0.1) is 6.10 Å². The van der Waals surface area contributed by atoms with Crippen LogP contribution in [0, 0.1) is 0 Å². The summed E-state index contributed by atoms with van der Waals surface area (Å²) in [6, 6.07) is 0.654. The van der Waals surface area contributed by atoms with Crippen molar-refractivity contribution in [3.05, 3.63) is 0 Å². The van der Waals surface area contributed by atoms with E-state index in [1.54, 1.807) is 7.11 Å². The fraction of sp³-hybridized carbons (Fsp3) is 1.00. The first-order valence-corrected chi connectivity index (χ1v) is 5.77. The minimum absolute atomic E-state index is 0.429. The van der Waals surface area contributed by atoms with Gasteiger partial charge in [0.2, 0.25) is 0 Å². The molecular formula is C8H16NO2P. The average molecular weight is 189 g/mol. The van der Waals surface area contributed by atoms with Crippen molar-refractivity contribution < 1.29 is 9.05 Å². The van der Waals surface area contributed by atoms with Crippen LogP contribution in [-0.2, 0) is 9.05 Å². The van der Waals surface area contributed by atoms with Crippen LogP contribution in [0.4, 0.5) is 0 Å². The van der Waals surface area contributed by atoms with Crippen LogP contribution >= 0.6 is 8.53 Å². The second kappa shape index (κ2) is 3.59. The lowest BCUT2D eigenvalue weighted by atomic mass is 10.1. The van der Waals surface area contributed by atoms with Gasteiger partial charge in [-0.1, -0.05) is 6.92 Å². The van der Waals surface area contributed by atoms with E-state index in [2.05, 4.69) is 11.6 Å². The van der Waals surface area contributed by atoms with Crippen molar-refractivity contribution in [2.45, 2.75) is 38.3 Å². The van der Waals surface area contributed by atoms with Crippen molar-refractivity contribution in [3.63, 3.8) is 0 Å². The minimum atomic E-state index is -0.695. The highest BCUT2D eigenvalue weighted by molar-refractivity contribution is 7.44. The van der Waals surface area contributed by atoms with Crippen LogP contribution in [0.3, 0.4) is 0 Å². The molecule has 0 amide bonds. The third kappa shape index (κ3) is 1.29. The zero-order valence-corrected chi connectivity index (χ0v) is 8.59. The standard InChI is InChI=1S/C8H16NO2P/c1-3-8-7-5-4-6-9(7)12(10-2)11-8/h7-8H,3-6H2,1-2H3/t7-,8+,12-/m1/s1. The Labute approximate surface area is 75.0 Å². The van der Waals surface area contributed by atoms with E-state index >= 15 is 0 Å². The molecule has 2 aliphatic rings. The van der Waals surface area contributed by atoms with Gasteiger partial charge < -0.3 is 9.05 Å². The highest BCUT2D eigenvalue weighted by Gasteiger charge is 2.45. The number of hydrogen-bond acceptors (Lipinski definition) is 3. The lowest BCUT2D eigenvalue weighted by molar-refractivity contribution is 0.192. The van der Waals surface area contributed by atoms with Crippen LogP contribution in [0.5, 0.6) is 0 Å². The molecular weight excluding hydrogens is 173 g/mol. The molecule has 0 aromatic carbocycles. The SMILES string of the molecule is CC[C@@H]1O[P@@](OC)N2CCC[C@H]12. The molecule has 2 saturated heterocycles. The van der Waals surface area contributed by atoms with Crippen LogP contribution in [0.25, 0.3) is 0 Å². The molecule has 12 heavy (non-hydrogen) atoms. The molecule has 0 aromatic heterocycles. The summed E-state index contributed by atoms with van der Waals surface area (Å²) in [4.78, 5) is 0. The topological polar surface area (TPSA) is 21.7 Å². The summed E-state index contributed by atoms with van der Waals surface area (Å²) in [5.74, 6) is 0. The second-order valence-electron chi connectivity index (χ2n) is 3.35. The van der Waals surface area contributed by atoms with Gasteiger partial charge >= 0.3 is 0 Å². The van der Waals surface area contributed by atoms with Gasteiger partial charge in [0.15, 0.2) is 0 Å². The molecule has 0 unspecified atom stereocenters. The van der Waals surface area contributed by atoms with Crippen molar-refractivity contribution in [1.82, 2.24) is 4.67 Å². The fourth-order valence-corrected chi connectivity index (χ4v) is 3.85. The predicted molar refractivity (Wildman–Crippen MR) is 48.8 cm³/mol. The summed E-state index contributed by atoms with van der Waals surface area (Å²) in [5, 5.41) is 0. The monoisotopic (exact) mass is 189 g/mol. The number of fused-ring (bicyclic) bond motifs is 1. The second-order valence-corrected chi connectivity index (χ2v) is 4.91. The van der Waals surface area contributed by atoms with Crippen molar-refractivity contribution >= 4 is 8.53 Å². The molecule has 2 rings (SSSR count). The summed E-state index contributed by atoms with van der Waals surface area (Å²) < 4.78 is 13.5. The Hall–Kier alpha value is 0.310. The van der Waals surface area contributed by atoms with E-state index in [1.165, 1.54) is 19.4 Å². The molecule has 0 aliphatic carbocycles. The maximum atomic E-state index is 5.80. The lowest BCUT2D eigenvalue weighted by Gasteiger charge is -2.17. The molecule has 0 N–H and O–H groups in total. The maximum Gasteiger partial charge on any atom is 0.259 e. The third-order valence-electron chi connectivity index (χ3n) is 2.69. The summed E-state index contributed by atoms with van der Waals surface area (Å²) in [7, 11) is 1.05. The molecule has 2 aliphatic heterocycles. The van der Waals surface area contributed by atoms with Crippen molar-refractivity contribution in [2.24, 2.45) is 0 Å². The van der Waals surface area contributed by atoms with Gasteiger partial charge in [-0.15, -0.1) is 0 Å².